The van der Waals surface area contributed by atoms with Crippen LogP contribution < -0.4 is 0 Å². The zero-order valence-electron chi connectivity index (χ0n) is 11.8. The topological polar surface area (TPSA) is 0 Å². The molecule has 7 heteroatoms. The van der Waals surface area contributed by atoms with Gasteiger partial charge in [-0.3, -0.25) is 0 Å². The maximum Gasteiger partial charge on any atom is 0.353 e. The van der Waals surface area contributed by atoms with Gasteiger partial charge in [0.2, 0.25) is 11.3 Å². The summed E-state index contributed by atoms with van der Waals surface area (Å²) >= 11 is 0. The first-order valence-electron chi connectivity index (χ1n) is 6.09. The van der Waals surface area contributed by atoms with E-state index in [9.17, 15) is 30.7 Å². The second-order valence-corrected chi connectivity index (χ2v) is 6.47. The second kappa shape index (κ2) is 4.13. The highest BCUT2D eigenvalue weighted by atomic mass is 19.3. The maximum absolute atomic E-state index is 14.5. The van der Waals surface area contributed by atoms with E-state index in [2.05, 4.69) is 0 Å². The van der Waals surface area contributed by atoms with Gasteiger partial charge in [-0.05, 0) is 12.0 Å². The molecule has 2 unspecified atom stereocenters. The average Bonchev–Trinajstić information content (AvgIpc) is 2.23. The van der Waals surface area contributed by atoms with Gasteiger partial charge in [-0.25, -0.2) is 13.2 Å². The van der Waals surface area contributed by atoms with Gasteiger partial charge in [0, 0.05) is 5.41 Å². The van der Waals surface area contributed by atoms with Crippen molar-refractivity contribution in [2.45, 2.75) is 57.8 Å². The van der Waals surface area contributed by atoms with Gasteiger partial charge >= 0.3 is 11.8 Å². The summed E-state index contributed by atoms with van der Waals surface area (Å²) in [6.45, 7) is 4.35. The second-order valence-electron chi connectivity index (χ2n) is 6.47. The lowest BCUT2D eigenvalue weighted by atomic mass is 9.63. The Hall–Kier alpha value is -0.750. The van der Waals surface area contributed by atoms with Crippen molar-refractivity contribution in [3.8, 4) is 0 Å². The standard InChI is InChI=1S/C13H17F7/c1-7(2)10(15)6-8(14)11(16,9(3,4)5)13(19,20)12(10,17)18/h6-7H,1-5H3. The Morgan fingerprint density at radius 2 is 1.30 bits per heavy atom. The Bertz CT molecular complexity index is 432. The van der Waals surface area contributed by atoms with Crippen molar-refractivity contribution < 1.29 is 30.7 Å². The van der Waals surface area contributed by atoms with Crippen LogP contribution in [0, 0.1) is 11.3 Å². The van der Waals surface area contributed by atoms with Crippen LogP contribution >= 0.6 is 0 Å². The first-order chi connectivity index (χ1) is 8.57. The Morgan fingerprint density at radius 1 is 0.900 bits per heavy atom. The highest BCUT2D eigenvalue weighted by molar-refractivity contribution is 5.35. The molecule has 0 spiro atoms. The van der Waals surface area contributed by atoms with Gasteiger partial charge in [-0.2, -0.15) is 17.6 Å². The van der Waals surface area contributed by atoms with E-state index in [4.69, 9.17) is 0 Å². The van der Waals surface area contributed by atoms with Crippen LogP contribution in [0.4, 0.5) is 30.7 Å². The molecule has 0 aliphatic heterocycles. The molecule has 0 aromatic carbocycles. The SMILES string of the molecule is CC(C)C1(F)C=C(F)C(F)(C(C)(C)C)C(F)(F)C1(F)F. The predicted octanol–water partition coefficient (Wildman–Crippen LogP) is 5.24. The summed E-state index contributed by atoms with van der Waals surface area (Å²) in [6.07, 6.45) is -0.333. The van der Waals surface area contributed by atoms with Gasteiger partial charge in [-0.1, -0.05) is 34.6 Å². The third-order valence-corrected chi connectivity index (χ3v) is 3.85. The summed E-state index contributed by atoms with van der Waals surface area (Å²) in [5, 5.41) is 0. The quantitative estimate of drug-likeness (QED) is 0.581. The van der Waals surface area contributed by atoms with Crippen LogP contribution in [-0.4, -0.2) is 23.2 Å². The lowest BCUT2D eigenvalue weighted by Crippen LogP contribution is -2.72. The molecular formula is C13H17F7. The summed E-state index contributed by atoms with van der Waals surface area (Å²) in [6, 6.07) is 0. The monoisotopic (exact) mass is 306 g/mol. The molecule has 0 saturated heterocycles. The third-order valence-electron chi connectivity index (χ3n) is 3.85. The normalized spacial score (nSPS) is 37.0. The van der Waals surface area contributed by atoms with E-state index in [-0.39, 0.29) is 6.08 Å². The van der Waals surface area contributed by atoms with E-state index >= 15 is 0 Å². The number of alkyl halides is 6. The van der Waals surface area contributed by atoms with Crippen molar-refractivity contribution in [3.05, 3.63) is 11.9 Å². The van der Waals surface area contributed by atoms with E-state index in [0.717, 1.165) is 34.6 Å². The zero-order valence-corrected chi connectivity index (χ0v) is 11.8. The molecule has 1 aliphatic rings. The van der Waals surface area contributed by atoms with E-state index in [1.807, 2.05) is 0 Å². The molecule has 0 heterocycles. The van der Waals surface area contributed by atoms with Crippen LogP contribution in [0.2, 0.25) is 0 Å². The largest absolute Gasteiger partial charge is 0.353 e. The van der Waals surface area contributed by atoms with Crippen molar-refractivity contribution in [2.75, 3.05) is 0 Å². The number of rotatable bonds is 1. The molecule has 0 fully saturated rings. The van der Waals surface area contributed by atoms with Gasteiger partial charge in [0.1, 0.15) is 5.83 Å². The fraction of sp³-hybridized carbons (Fsp3) is 0.846. The highest BCUT2D eigenvalue weighted by Crippen LogP contribution is 2.64. The molecule has 0 aromatic rings. The van der Waals surface area contributed by atoms with Crippen molar-refractivity contribution in [1.29, 1.82) is 0 Å². The Morgan fingerprint density at radius 3 is 1.60 bits per heavy atom. The van der Waals surface area contributed by atoms with Gasteiger partial charge < -0.3 is 0 Å². The molecule has 1 rings (SSSR count). The summed E-state index contributed by atoms with van der Waals surface area (Å²) in [7, 11) is 0. The van der Waals surface area contributed by atoms with Crippen LogP contribution in [0.25, 0.3) is 0 Å². The van der Waals surface area contributed by atoms with Gasteiger partial charge in [0.15, 0.2) is 0 Å². The molecule has 20 heavy (non-hydrogen) atoms. The Kier molecular flexibility index (Phi) is 3.58. The van der Waals surface area contributed by atoms with Crippen molar-refractivity contribution in [3.63, 3.8) is 0 Å². The van der Waals surface area contributed by atoms with Gasteiger partial charge in [0.25, 0.3) is 0 Å². The molecule has 1 aliphatic carbocycles. The highest BCUT2D eigenvalue weighted by Gasteiger charge is 2.84. The zero-order chi connectivity index (χ0) is 16.4. The third kappa shape index (κ3) is 1.67. The smallest absolute Gasteiger partial charge is 0.232 e. The number of allylic oxidation sites excluding steroid dienone is 2. The average molecular weight is 306 g/mol. The van der Waals surface area contributed by atoms with Crippen molar-refractivity contribution in [2.24, 2.45) is 11.3 Å². The van der Waals surface area contributed by atoms with Crippen molar-refractivity contribution in [1.82, 2.24) is 0 Å². The molecule has 118 valence electrons. The molecule has 2 atom stereocenters. The minimum atomic E-state index is -5.52. The summed E-state index contributed by atoms with van der Waals surface area (Å²) in [5.74, 6) is -14.7. The van der Waals surface area contributed by atoms with Crippen LogP contribution in [0.1, 0.15) is 34.6 Å². The fourth-order valence-electron chi connectivity index (χ4n) is 2.34. The van der Waals surface area contributed by atoms with Gasteiger partial charge in [-0.15, -0.1) is 0 Å². The van der Waals surface area contributed by atoms with E-state index in [0.29, 0.717) is 0 Å². The summed E-state index contributed by atoms with van der Waals surface area (Å²) in [4.78, 5) is 0. The van der Waals surface area contributed by atoms with Gasteiger partial charge in [0.05, 0.1) is 0 Å². The molecular weight excluding hydrogens is 289 g/mol. The molecule has 0 saturated carbocycles. The van der Waals surface area contributed by atoms with E-state index in [1.165, 1.54) is 0 Å². The van der Waals surface area contributed by atoms with Crippen molar-refractivity contribution >= 4 is 0 Å². The number of hydrogen-bond acceptors (Lipinski definition) is 0. The lowest BCUT2D eigenvalue weighted by Gasteiger charge is -2.51. The van der Waals surface area contributed by atoms with Crippen LogP contribution in [0.15, 0.2) is 11.9 Å². The number of hydrogen-bond donors (Lipinski definition) is 0. The van der Waals surface area contributed by atoms with E-state index < -0.39 is 40.3 Å². The Balaban J connectivity index is 3.75. The van der Waals surface area contributed by atoms with E-state index in [1.54, 1.807) is 0 Å². The molecule has 0 N–H and O–H groups in total. The lowest BCUT2D eigenvalue weighted by molar-refractivity contribution is -0.333. The summed E-state index contributed by atoms with van der Waals surface area (Å²) < 4.78 is 98.4. The molecule has 0 aromatic heterocycles. The maximum atomic E-state index is 14.5. The first kappa shape index (κ1) is 17.3. The van der Waals surface area contributed by atoms with Crippen LogP contribution in [0.3, 0.4) is 0 Å². The predicted molar refractivity (Wildman–Crippen MR) is 61.1 cm³/mol. The van der Waals surface area contributed by atoms with Crippen LogP contribution in [0.5, 0.6) is 0 Å². The minimum absolute atomic E-state index is 0.333. The minimum Gasteiger partial charge on any atom is -0.232 e. The molecule has 0 radical (unpaired) electrons. The molecule has 0 nitrogen and oxygen atoms in total. The molecule has 0 bridgehead atoms. The van der Waals surface area contributed by atoms with Crippen LogP contribution in [-0.2, 0) is 0 Å². The molecule has 0 amide bonds. The fourth-order valence-corrected chi connectivity index (χ4v) is 2.34. The summed E-state index contributed by atoms with van der Waals surface area (Å²) in [5.41, 5.74) is -10.4. The Labute approximate surface area is 113 Å². The number of halogens is 7. The first-order valence-corrected chi connectivity index (χ1v) is 6.09.